The molecule has 2 N–H and O–H groups in total. The standard InChI is InChI=1S/C13H20FNO2/c1-9(6-7-16-3)17-13-5-4-11(10(2)15)8-12(13)14/h4-5,8-10H,6-7,15H2,1-3H3/t9?,10-/m1/s1. The summed E-state index contributed by atoms with van der Waals surface area (Å²) in [7, 11) is 1.63. The minimum absolute atomic E-state index is 0.0781. The van der Waals surface area contributed by atoms with Gasteiger partial charge in [-0.2, -0.15) is 0 Å². The summed E-state index contributed by atoms with van der Waals surface area (Å²) in [6.07, 6.45) is 0.649. The Labute approximate surface area is 102 Å². The van der Waals surface area contributed by atoms with Gasteiger partial charge in [-0.1, -0.05) is 6.07 Å². The molecule has 2 atom stereocenters. The van der Waals surface area contributed by atoms with Crippen LogP contribution in [0.2, 0.25) is 0 Å². The van der Waals surface area contributed by atoms with E-state index >= 15 is 0 Å². The van der Waals surface area contributed by atoms with Gasteiger partial charge in [-0.15, -0.1) is 0 Å². The molecular formula is C13H20FNO2. The second-order valence-corrected chi connectivity index (χ2v) is 4.19. The van der Waals surface area contributed by atoms with Crippen LogP contribution in [0.3, 0.4) is 0 Å². The van der Waals surface area contributed by atoms with Crippen molar-refractivity contribution in [2.24, 2.45) is 5.73 Å². The summed E-state index contributed by atoms with van der Waals surface area (Å²) in [6, 6.07) is 4.65. The maximum Gasteiger partial charge on any atom is 0.165 e. The molecule has 17 heavy (non-hydrogen) atoms. The van der Waals surface area contributed by atoms with Crippen molar-refractivity contribution in [2.45, 2.75) is 32.4 Å². The zero-order valence-electron chi connectivity index (χ0n) is 10.6. The normalized spacial score (nSPS) is 14.4. The Kier molecular flexibility index (Phi) is 5.38. The number of hydrogen-bond acceptors (Lipinski definition) is 3. The highest BCUT2D eigenvalue weighted by Gasteiger charge is 2.10. The van der Waals surface area contributed by atoms with Gasteiger partial charge in [-0.05, 0) is 31.5 Å². The fourth-order valence-electron chi connectivity index (χ4n) is 1.46. The van der Waals surface area contributed by atoms with E-state index in [1.807, 2.05) is 13.8 Å². The third-order valence-electron chi connectivity index (χ3n) is 2.54. The Morgan fingerprint density at radius 2 is 2.06 bits per heavy atom. The second kappa shape index (κ2) is 6.57. The van der Waals surface area contributed by atoms with Gasteiger partial charge in [0.2, 0.25) is 0 Å². The van der Waals surface area contributed by atoms with Crippen LogP contribution in [0.15, 0.2) is 18.2 Å². The number of hydrogen-bond donors (Lipinski definition) is 1. The zero-order chi connectivity index (χ0) is 12.8. The molecule has 4 heteroatoms. The van der Waals surface area contributed by atoms with Crippen LogP contribution in [-0.4, -0.2) is 19.8 Å². The summed E-state index contributed by atoms with van der Waals surface area (Å²) < 4.78 is 24.1. The number of halogens is 1. The molecular weight excluding hydrogens is 221 g/mol. The predicted molar refractivity (Wildman–Crippen MR) is 65.6 cm³/mol. The van der Waals surface area contributed by atoms with Crippen LogP contribution in [0.25, 0.3) is 0 Å². The number of nitrogens with two attached hydrogens (primary N) is 1. The van der Waals surface area contributed by atoms with E-state index in [4.69, 9.17) is 15.2 Å². The molecule has 1 aromatic rings. The Balaban J connectivity index is 2.65. The van der Waals surface area contributed by atoms with Crippen molar-refractivity contribution >= 4 is 0 Å². The largest absolute Gasteiger partial charge is 0.488 e. The first-order chi connectivity index (χ1) is 8.04. The van der Waals surface area contributed by atoms with Gasteiger partial charge in [-0.3, -0.25) is 0 Å². The van der Waals surface area contributed by atoms with E-state index in [-0.39, 0.29) is 23.7 Å². The Morgan fingerprint density at radius 3 is 2.59 bits per heavy atom. The lowest BCUT2D eigenvalue weighted by Gasteiger charge is -2.15. The van der Waals surface area contributed by atoms with E-state index in [0.717, 1.165) is 12.0 Å². The van der Waals surface area contributed by atoms with Gasteiger partial charge in [-0.25, -0.2) is 4.39 Å². The number of methoxy groups -OCH3 is 1. The lowest BCUT2D eigenvalue weighted by molar-refractivity contribution is 0.132. The van der Waals surface area contributed by atoms with Gasteiger partial charge in [0, 0.05) is 26.2 Å². The van der Waals surface area contributed by atoms with Crippen molar-refractivity contribution in [3.8, 4) is 5.75 Å². The van der Waals surface area contributed by atoms with Crippen LogP contribution in [-0.2, 0) is 4.74 Å². The van der Waals surface area contributed by atoms with Crippen molar-refractivity contribution in [3.63, 3.8) is 0 Å². The number of benzene rings is 1. The van der Waals surface area contributed by atoms with Gasteiger partial charge in [0.05, 0.1) is 6.10 Å². The van der Waals surface area contributed by atoms with Gasteiger partial charge in [0.1, 0.15) is 0 Å². The van der Waals surface area contributed by atoms with E-state index in [1.54, 1.807) is 19.2 Å². The topological polar surface area (TPSA) is 44.5 Å². The van der Waals surface area contributed by atoms with Crippen molar-refractivity contribution in [1.29, 1.82) is 0 Å². The lowest BCUT2D eigenvalue weighted by Crippen LogP contribution is -2.15. The van der Waals surface area contributed by atoms with Crippen LogP contribution in [0.4, 0.5) is 4.39 Å². The van der Waals surface area contributed by atoms with E-state index in [0.29, 0.717) is 6.61 Å². The molecule has 0 aliphatic rings. The highest BCUT2D eigenvalue weighted by molar-refractivity contribution is 5.30. The molecule has 1 aromatic carbocycles. The summed E-state index contributed by atoms with van der Waals surface area (Å²) in [5.74, 6) is -0.109. The summed E-state index contributed by atoms with van der Waals surface area (Å²) in [5, 5.41) is 0. The van der Waals surface area contributed by atoms with E-state index in [2.05, 4.69) is 0 Å². The molecule has 0 amide bonds. The molecule has 0 heterocycles. The fraction of sp³-hybridized carbons (Fsp3) is 0.538. The van der Waals surface area contributed by atoms with Gasteiger partial charge in [0.25, 0.3) is 0 Å². The first-order valence-electron chi connectivity index (χ1n) is 5.75. The fourth-order valence-corrected chi connectivity index (χ4v) is 1.46. The van der Waals surface area contributed by atoms with Gasteiger partial charge in [0.15, 0.2) is 11.6 Å². The van der Waals surface area contributed by atoms with Crippen molar-refractivity contribution in [1.82, 2.24) is 0 Å². The smallest absolute Gasteiger partial charge is 0.165 e. The summed E-state index contributed by atoms with van der Waals surface area (Å²) in [6.45, 7) is 4.30. The van der Waals surface area contributed by atoms with Gasteiger partial charge < -0.3 is 15.2 Å². The Morgan fingerprint density at radius 1 is 1.35 bits per heavy atom. The first-order valence-corrected chi connectivity index (χ1v) is 5.75. The SMILES string of the molecule is COCCC(C)Oc1ccc([C@@H](C)N)cc1F. The maximum absolute atomic E-state index is 13.7. The summed E-state index contributed by atoms with van der Waals surface area (Å²) in [4.78, 5) is 0. The minimum atomic E-state index is -0.371. The van der Waals surface area contributed by atoms with Crippen LogP contribution < -0.4 is 10.5 Å². The molecule has 0 saturated carbocycles. The molecule has 1 unspecified atom stereocenters. The van der Waals surface area contributed by atoms with E-state index in [9.17, 15) is 4.39 Å². The maximum atomic E-state index is 13.7. The molecule has 0 spiro atoms. The second-order valence-electron chi connectivity index (χ2n) is 4.19. The molecule has 0 aliphatic heterocycles. The average molecular weight is 241 g/mol. The molecule has 0 bridgehead atoms. The molecule has 0 saturated heterocycles. The predicted octanol–water partition coefficient (Wildman–Crippen LogP) is 2.65. The van der Waals surface area contributed by atoms with Crippen LogP contribution in [0, 0.1) is 5.82 Å². The molecule has 0 fully saturated rings. The van der Waals surface area contributed by atoms with Crippen LogP contribution in [0.1, 0.15) is 31.9 Å². The third kappa shape index (κ3) is 4.32. The van der Waals surface area contributed by atoms with Crippen LogP contribution in [0.5, 0.6) is 5.75 Å². The molecule has 1 rings (SSSR count). The Bertz CT molecular complexity index is 355. The molecule has 0 aliphatic carbocycles. The van der Waals surface area contributed by atoms with E-state index in [1.165, 1.54) is 6.07 Å². The minimum Gasteiger partial charge on any atom is -0.488 e. The van der Waals surface area contributed by atoms with Crippen molar-refractivity contribution < 1.29 is 13.9 Å². The average Bonchev–Trinajstić information content (AvgIpc) is 2.28. The molecule has 96 valence electrons. The van der Waals surface area contributed by atoms with Crippen molar-refractivity contribution in [3.05, 3.63) is 29.6 Å². The zero-order valence-corrected chi connectivity index (χ0v) is 10.6. The van der Waals surface area contributed by atoms with Crippen molar-refractivity contribution in [2.75, 3.05) is 13.7 Å². The highest BCUT2D eigenvalue weighted by Crippen LogP contribution is 2.22. The van der Waals surface area contributed by atoms with Crippen LogP contribution >= 0.6 is 0 Å². The Hall–Kier alpha value is -1.13. The quantitative estimate of drug-likeness (QED) is 0.832. The van der Waals surface area contributed by atoms with Gasteiger partial charge >= 0.3 is 0 Å². The number of ether oxygens (including phenoxy) is 2. The highest BCUT2D eigenvalue weighted by atomic mass is 19.1. The van der Waals surface area contributed by atoms with E-state index < -0.39 is 0 Å². The number of rotatable bonds is 6. The summed E-state index contributed by atoms with van der Waals surface area (Å²) in [5.41, 5.74) is 6.44. The first kappa shape index (κ1) is 13.9. The third-order valence-corrected chi connectivity index (χ3v) is 2.54. The molecule has 0 aromatic heterocycles. The lowest BCUT2D eigenvalue weighted by atomic mass is 10.1. The molecule has 0 radical (unpaired) electrons. The monoisotopic (exact) mass is 241 g/mol. The molecule has 3 nitrogen and oxygen atoms in total. The summed E-state index contributed by atoms with van der Waals surface area (Å²) >= 11 is 0.